The molecule has 0 radical (unpaired) electrons. The number of benzene rings is 2. The molecule has 2 aromatic carbocycles. The van der Waals surface area contributed by atoms with E-state index in [1.807, 2.05) is 0 Å². The third-order valence-corrected chi connectivity index (χ3v) is 5.65. The highest BCUT2D eigenvalue weighted by Gasteiger charge is 2.39. The summed E-state index contributed by atoms with van der Waals surface area (Å²) in [5.41, 5.74) is 6.46. The largest absolute Gasteiger partial charge is 0.504 e. The molecule has 0 fully saturated rings. The first kappa shape index (κ1) is 15.5. The van der Waals surface area contributed by atoms with Crippen molar-refractivity contribution >= 4 is 0 Å². The third-order valence-electron chi connectivity index (χ3n) is 5.65. The number of phenolic OH excluding ortho intramolecular Hbond substituents is 2. The fourth-order valence-corrected chi connectivity index (χ4v) is 4.63. The summed E-state index contributed by atoms with van der Waals surface area (Å²) in [6.45, 7) is 6.51. The van der Waals surface area contributed by atoms with Crippen molar-refractivity contribution in [3.63, 3.8) is 0 Å². The van der Waals surface area contributed by atoms with E-state index in [9.17, 15) is 10.2 Å². The molecule has 2 N–H and O–H groups in total. The zero-order valence-corrected chi connectivity index (χ0v) is 14.4. The van der Waals surface area contributed by atoms with Crippen LogP contribution in [0.3, 0.4) is 0 Å². The van der Waals surface area contributed by atoms with E-state index < -0.39 is 0 Å². The Kier molecular flexibility index (Phi) is 3.76. The number of rotatable bonds is 2. The first-order chi connectivity index (χ1) is 11.6. The van der Waals surface area contributed by atoms with Crippen molar-refractivity contribution in [3.05, 3.63) is 58.1 Å². The van der Waals surface area contributed by atoms with Gasteiger partial charge in [0.2, 0.25) is 0 Å². The van der Waals surface area contributed by atoms with Gasteiger partial charge in [-0.2, -0.15) is 0 Å². The average Bonchev–Trinajstić information content (AvgIpc) is 2.55. The number of aromatic hydroxyl groups is 2. The molecular formula is C21H25NO2. The molecular weight excluding hydrogens is 298 g/mol. The Morgan fingerprint density at radius 2 is 1.83 bits per heavy atom. The monoisotopic (exact) mass is 323 g/mol. The van der Waals surface area contributed by atoms with Crippen LogP contribution >= 0.6 is 0 Å². The molecule has 0 spiro atoms. The highest BCUT2D eigenvalue weighted by atomic mass is 16.3. The number of nitrogens with zero attached hydrogens (tertiary/aromatic N) is 1. The molecule has 0 aromatic heterocycles. The number of hydrogen-bond acceptors (Lipinski definition) is 3. The summed E-state index contributed by atoms with van der Waals surface area (Å²) in [7, 11) is 0. The third kappa shape index (κ3) is 2.39. The smallest absolute Gasteiger partial charge is 0.157 e. The summed E-state index contributed by atoms with van der Waals surface area (Å²) in [6, 6.07) is 10.8. The van der Waals surface area contributed by atoms with Crippen LogP contribution in [0.4, 0.5) is 0 Å². The minimum Gasteiger partial charge on any atom is -0.504 e. The standard InChI is InChI=1S/C21H25NO2/c1-3-8-22-12-15-9-13(2)4-6-16(15)21-17-11-20(24)19(23)10-14(17)5-7-18(21)22/h4,6,9-11,18,21,23-24H,3,5,7-8,12H2,1-2H3/t18-,21-/m1/s1. The van der Waals surface area contributed by atoms with Gasteiger partial charge in [0.25, 0.3) is 0 Å². The summed E-state index contributed by atoms with van der Waals surface area (Å²) in [4.78, 5) is 2.61. The molecule has 3 heteroatoms. The quantitative estimate of drug-likeness (QED) is 0.819. The van der Waals surface area contributed by atoms with Crippen molar-refractivity contribution in [1.29, 1.82) is 0 Å². The van der Waals surface area contributed by atoms with Gasteiger partial charge in [-0.1, -0.05) is 30.7 Å². The molecule has 0 bridgehead atoms. The number of phenols is 2. The molecule has 2 aromatic rings. The van der Waals surface area contributed by atoms with Crippen LogP contribution in [0.5, 0.6) is 11.5 Å². The van der Waals surface area contributed by atoms with Gasteiger partial charge in [-0.3, -0.25) is 4.90 Å². The molecule has 1 aliphatic carbocycles. The van der Waals surface area contributed by atoms with E-state index in [2.05, 4.69) is 36.9 Å². The topological polar surface area (TPSA) is 43.7 Å². The van der Waals surface area contributed by atoms with Crippen LogP contribution < -0.4 is 0 Å². The highest BCUT2D eigenvalue weighted by Crippen LogP contribution is 2.46. The van der Waals surface area contributed by atoms with E-state index in [0.29, 0.717) is 6.04 Å². The van der Waals surface area contributed by atoms with Crippen LogP contribution in [0.15, 0.2) is 30.3 Å². The molecule has 0 unspecified atom stereocenters. The molecule has 126 valence electrons. The van der Waals surface area contributed by atoms with E-state index in [1.54, 1.807) is 12.1 Å². The lowest BCUT2D eigenvalue weighted by Gasteiger charge is -2.46. The maximum absolute atomic E-state index is 10.1. The Balaban J connectivity index is 1.89. The maximum atomic E-state index is 10.1. The molecule has 2 aliphatic rings. The molecule has 3 nitrogen and oxygen atoms in total. The van der Waals surface area contributed by atoms with Crippen molar-refractivity contribution in [2.45, 2.75) is 51.6 Å². The molecule has 0 saturated carbocycles. The molecule has 24 heavy (non-hydrogen) atoms. The van der Waals surface area contributed by atoms with Gasteiger partial charge in [-0.25, -0.2) is 0 Å². The van der Waals surface area contributed by atoms with Crippen molar-refractivity contribution in [2.75, 3.05) is 6.54 Å². The summed E-state index contributed by atoms with van der Waals surface area (Å²) in [6.07, 6.45) is 3.22. The Morgan fingerprint density at radius 1 is 1.04 bits per heavy atom. The van der Waals surface area contributed by atoms with Gasteiger partial charge in [-0.05, 0) is 67.1 Å². The first-order valence-electron chi connectivity index (χ1n) is 8.96. The van der Waals surface area contributed by atoms with Crippen LogP contribution in [0.1, 0.15) is 53.5 Å². The zero-order valence-electron chi connectivity index (χ0n) is 14.4. The number of fused-ring (bicyclic) bond motifs is 5. The Bertz CT molecular complexity index is 784. The Hall–Kier alpha value is -2.00. The predicted molar refractivity (Wildman–Crippen MR) is 95.6 cm³/mol. The van der Waals surface area contributed by atoms with E-state index in [4.69, 9.17) is 0 Å². The van der Waals surface area contributed by atoms with Crippen molar-refractivity contribution in [1.82, 2.24) is 4.90 Å². The van der Waals surface area contributed by atoms with Gasteiger partial charge in [0.15, 0.2) is 11.5 Å². The SMILES string of the molecule is CCCN1Cc2cc(C)ccc2[C@@H]2c3cc(O)c(O)cc3CC[C@H]21. The lowest BCUT2D eigenvalue weighted by atomic mass is 9.71. The second-order valence-electron chi connectivity index (χ2n) is 7.30. The van der Waals surface area contributed by atoms with Crippen molar-refractivity contribution < 1.29 is 10.2 Å². The molecule has 0 amide bonds. The van der Waals surface area contributed by atoms with E-state index in [1.165, 1.54) is 27.8 Å². The van der Waals surface area contributed by atoms with Gasteiger partial charge in [0.1, 0.15) is 0 Å². The fraction of sp³-hybridized carbons (Fsp3) is 0.429. The van der Waals surface area contributed by atoms with Gasteiger partial charge in [0, 0.05) is 18.5 Å². The van der Waals surface area contributed by atoms with Crippen molar-refractivity contribution in [3.8, 4) is 11.5 Å². The highest BCUT2D eigenvalue weighted by molar-refractivity contribution is 5.53. The zero-order chi connectivity index (χ0) is 16.8. The van der Waals surface area contributed by atoms with E-state index in [0.717, 1.165) is 32.4 Å². The van der Waals surface area contributed by atoms with Gasteiger partial charge < -0.3 is 10.2 Å². The van der Waals surface area contributed by atoms with E-state index >= 15 is 0 Å². The minimum atomic E-state index is -0.00400. The lowest BCUT2D eigenvalue weighted by Crippen LogP contribution is -2.46. The summed E-state index contributed by atoms with van der Waals surface area (Å²) in [5, 5.41) is 19.9. The fourth-order valence-electron chi connectivity index (χ4n) is 4.63. The van der Waals surface area contributed by atoms with Crippen LogP contribution in [0.2, 0.25) is 0 Å². The van der Waals surface area contributed by atoms with Gasteiger partial charge in [-0.15, -0.1) is 0 Å². The molecule has 1 aliphatic heterocycles. The average molecular weight is 323 g/mol. The normalized spacial score (nSPS) is 22.6. The van der Waals surface area contributed by atoms with Gasteiger partial charge in [0.05, 0.1) is 0 Å². The number of aryl methyl sites for hydroxylation is 2. The Morgan fingerprint density at radius 3 is 2.62 bits per heavy atom. The molecule has 0 saturated heterocycles. The Labute approximate surface area is 143 Å². The lowest BCUT2D eigenvalue weighted by molar-refractivity contribution is 0.141. The summed E-state index contributed by atoms with van der Waals surface area (Å²) >= 11 is 0. The van der Waals surface area contributed by atoms with E-state index in [-0.39, 0.29) is 17.4 Å². The number of hydrogen-bond donors (Lipinski definition) is 2. The van der Waals surface area contributed by atoms with Crippen LogP contribution in [0.25, 0.3) is 0 Å². The maximum Gasteiger partial charge on any atom is 0.157 e. The molecule has 1 heterocycles. The van der Waals surface area contributed by atoms with Crippen LogP contribution in [-0.4, -0.2) is 27.7 Å². The second-order valence-corrected chi connectivity index (χ2v) is 7.30. The van der Waals surface area contributed by atoms with Gasteiger partial charge >= 0.3 is 0 Å². The molecule has 2 atom stereocenters. The molecule has 4 rings (SSSR count). The summed E-state index contributed by atoms with van der Waals surface area (Å²) in [5.74, 6) is 0.282. The minimum absolute atomic E-state index is 0.00227. The second kappa shape index (κ2) is 5.82. The first-order valence-corrected chi connectivity index (χ1v) is 8.96. The summed E-state index contributed by atoms with van der Waals surface area (Å²) < 4.78 is 0. The predicted octanol–water partition coefficient (Wildman–Crippen LogP) is 4.08. The van der Waals surface area contributed by atoms with Crippen LogP contribution in [0, 0.1) is 6.92 Å². The van der Waals surface area contributed by atoms with Crippen LogP contribution in [-0.2, 0) is 13.0 Å². The van der Waals surface area contributed by atoms with Crippen molar-refractivity contribution in [2.24, 2.45) is 0 Å².